The Hall–Kier alpha value is -0.850. The van der Waals surface area contributed by atoms with E-state index in [9.17, 15) is 4.79 Å². The Morgan fingerprint density at radius 3 is 2.30 bits per heavy atom. The molecule has 0 aromatic rings. The van der Waals surface area contributed by atoms with Gasteiger partial charge in [0.1, 0.15) is 0 Å². The fourth-order valence-corrected chi connectivity index (χ4v) is 1.34. The van der Waals surface area contributed by atoms with Crippen LogP contribution in [-0.4, -0.2) is 5.78 Å². The highest BCUT2D eigenvalue weighted by Crippen LogP contribution is 2.26. The van der Waals surface area contributed by atoms with Crippen LogP contribution >= 0.6 is 0 Å². The molecule has 0 aromatic heterocycles. The van der Waals surface area contributed by atoms with Crippen molar-refractivity contribution in [2.45, 2.75) is 26.7 Å². The number of ketones is 1. The SMILES string of the molecule is C/C=C1/CCC(=O)/C1=C/C. The van der Waals surface area contributed by atoms with Crippen LogP contribution in [0.2, 0.25) is 0 Å². The first-order chi connectivity index (χ1) is 4.79. The number of hydrogen-bond acceptors (Lipinski definition) is 1. The number of hydrogen-bond donors (Lipinski definition) is 0. The molecule has 0 unspecified atom stereocenters. The fourth-order valence-electron chi connectivity index (χ4n) is 1.34. The monoisotopic (exact) mass is 136 g/mol. The van der Waals surface area contributed by atoms with Gasteiger partial charge >= 0.3 is 0 Å². The van der Waals surface area contributed by atoms with Gasteiger partial charge in [0.15, 0.2) is 5.78 Å². The van der Waals surface area contributed by atoms with Crippen LogP contribution in [0.15, 0.2) is 23.3 Å². The fraction of sp³-hybridized carbons (Fsp3) is 0.444. The Labute approximate surface area is 61.4 Å². The van der Waals surface area contributed by atoms with Crippen molar-refractivity contribution in [2.75, 3.05) is 0 Å². The molecule has 1 nitrogen and oxygen atoms in total. The molecule has 0 aromatic carbocycles. The van der Waals surface area contributed by atoms with Gasteiger partial charge in [0, 0.05) is 12.0 Å². The Morgan fingerprint density at radius 1 is 1.20 bits per heavy atom. The van der Waals surface area contributed by atoms with E-state index < -0.39 is 0 Å². The molecule has 1 aliphatic carbocycles. The van der Waals surface area contributed by atoms with Gasteiger partial charge in [0.2, 0.25) is 0 Å². The van der Waals surface area contributed by atoms with Gasteiger partial charge < -0.3 is 0 Å². The van der Waals surface area contributed by atoms with Crippen molar-refractivity contribution in [1.82, 2.24) is 0 Å². The molecule has 10 heavy (non-hydrogen) atoms. The molecule has 1 saturated carbocycles. The zero-order valence-electron chi connectivity index (χ0n) is 6.48. The van der Waals surface area contributed by atoms with Crippen LogP contribution in [0.25, 0.3) is 0 Å². The summed E-state index contributed by atoms with van der Waals surface area (Å²) in [4.78, 5) is 11.1. The quantitative estimate of drug-likeness (QED) is 0.467. The summed E-state index contributed by atoms with van der Waals surface area (Å²) in [5.41, 5.74) is 2.15. The number of Topliss-reactive ketones (excluding diaryl/α,β-unsaturated/α-hetero) is 1. The lowest BCUT2D eigenvalue weighted by atomic mass is 10.1. The Kier molecular flexibility index (Phi) is 2.05. The molecule has 0 bridgehead atoms. The third-order valence-electron chi connectivity index (χ3n) is 1.90. The van der Waals surface area contributed by atoms with Crippen LogP contribution in [0.1, 0.15) is 26.7 Å². The standard InChI is InChI=1S/C9H12O/c1-3-7-5-6-9(10)8(7)4-2/h3-4H,5-6H2,1-2H3/b7-3-,8-4+. The van der Waals surface area contributed by atoms with Gasteiger partial charge in [-0.15, -0.1) is 0 Å². The van der Waals surface area contributed by atoms with Crippen LogP contribution in [0.4, 0.5) is 0 Å². The van der Waals surface area contributed by atoms with Crippen molar-refractivity contribution in [3.63, 3.8) is 0 Å². The summed E-state index contributed by atoms with van der Waals surface area (Å²) in [5.74, 6) is 0.301. The minimum absolute atomic E-state index is 0.301. The molecule has 1 heteroatoms. The van der Waals surface area contributed by atoms with E-state index in [1.807, 2.05) is 26.0 Å². The minimum atomic E-state index is 0.301. The Balaban J connectivity index is 2.95. The van der Waals surface area contributed by atoms with Crippen LogP contribution in [0.5, 0.6) is 0 Å². The lowest BCUT2D eigenvalue weighted by Gasteiger charge is -1.93. The predicted molar refractivity (Wildman–Crippen MR) is 41.8 cm³/mol. The van der Waals surface area contributed by atoms with Gasteiger partial charge in [-0.3, -0.25) is 4.79 Å². The van der Waals surface area contributed by atoms with Crippen molar-refractivity contribution in [1.29, 1.82) is 0 Å². The Bertz CT molecular complexity index is 209. The van der Waals surface area contributed by atoms with Gasteiger partial charge in [0.25, 0.3) is 0 Å². The first kappa shape index (κ1) is 7.26. The van der Waals surface area contributed by atoms with E-state index in [-0.39, 0.29) is 0 Å². The molecule has 0 saturated heterocycles. The zero-order chi connectivity index (χ0) is 7.56. The highest BCUT2D eigenvalue weighted by atomic mass is 16.1. The van der Waals surface area contributed by atoms with Crippen molar-refractivity contribution in [2.24, 2.45) is 0 Å². The maximum atomic E-state index is 11.1. The van der Waals surface area contributed by atoms with E-state index in [0.29, 0.717) is 12.2 Å². The molecular weight excluding hydrogens is 124 g/mol. The topological polar surface area (TPSA) is 17.1 Å². The highest BCUT2D eigenvalue weighted by Gasteiger charge is 2.20. The Morgan fingerprint density at radius 2 is 1.90 bits per heavy atom. The summed E-state index contributed by atoms with van der Waals surface area (Å²) in [6, 6.07) is 0. The van der Waals surface area contributed by atoms with Crippen molar-refractivity contribution in [3.05, 3.63) is 23.3 Å². The average Bonchev–Trinajstić information content (AvgIpc) is 2.30. The number of carbonyl (C=O) groups is 1. The van der Waals surface area contributed by atoms with E-state index in [0.717, 1.165) is 12.0 Å². The predicted octanol–water partition coefficient (Wildman–Crippen LogP) is 2.24. The van der Waals surface area contributed by atoms with Crippen LogP contribution in [0.3, 0.4) is 0 Å². The zero-order valence-corrected chi connectivity index (χ0v) is 6.48. The molecule has 0 spiro atoms. The highest BCUT2D eigenvalue weighted by molar-refractivity contribution is 6.02. The molecule has 54 valence electrons. The van der Waals surface area contributed by atoms with E-state index in [1.165, 1.54) is 5.57 Å². The summed E-state index contributed by atoms with van der Waals surface area (Å²) in [5, 5.41) is 0. The van der Waals surface area contributed by atoms with Crippen LogP contribution in [0, 0.1) is 0 Å². The number of carbonyl (C=O) groups excluding carboxylic acids is 1. The second kappa shape index (κ2) is 2.82. The lowest BCUT2D eigenvalue weighted by Crippen LogP contribution is -1.90. The van der Waals surface area contributed by atoms with Gasteiger partial charge in [-0.1, -0.05) is 12.2 Å². The van der Waals surface area contributed by atoms with Crippen molar-refractivity contribution in [3.8, 4) is 0 Å². The lowest BCUT2D eigenvalue weighted by molar-refractivity contribution is -0.114. The van der Waals surface area contributed by atoms with Gasteiger partial charge in [-0.25, -0.2) is 0 Å². The molecule has 1 rings (SSSR count). The smallest absolute Gasteiger partial charge is 0.163 e. The van der Waals surface area contributed by atoms with E-state index in [2.05, 4.69) is 0 Å². The van der Waals surface area contributed by atoms with E-state index >= 15 is 0 Å². The summed E-state index contributed by atoms with van der Waals surface area (Å²) < 4.78 is 0. The molecule has 0 aliphatic heterocycles. The second-order valence-electron chi connectivity index (χ2n) is 2.44. The third-order valence-corrected chi connectivity index (χ3v) is 1.90. The van der Waals surface area contributed by atoms with Gasteiger partial charge in [0.05, 0.1) is 0 Å². The van der Waals surface area contributed by atoms with Crippen molar-refractivity contribution < 1.29 is 4.79 Å². The first-order valence-corrected chi connectivity index (χ1v) is 3.64. The summed E-state index contributed by atoms with van der Waals surface area (Å²) in [6.07, 6.45) is 5.58. The van der Waals surface area contributed by atoms with E-state index in [1.54, 1.807) is 0 Å². The van der Waals surface area contributed by atoms with Crippen molar-refractivity contribution >= 4 is 5.78 Å². The molecule has 0 amide bonds. The summed E-state index contributed by atoms with van der Waals surface area (Å²) in [7, 11) is 0. The average molecular weight is 136 g/mol. The van der Waals surface area contributed by atoms with E-state index in [4.69, 9.17) is 0 Å². The maximum absolute atomic E-state index is 11.1. The molecule has 0 N–H and O–H groups in total. The third kappa shape index (κ3) is 1.04. The van der Waals surface area contributed by atoms with Gasteiger partial charge in [-0.05, 0) is 25.8 Å². The molecular formula is C9H12O. The summed E-state index contributed by atoms with van der Waals surface area (Å²) in [6.45, 7) is 3.90. The van der Waals surface area contributed by atoms with Gasteiger partial charge in [-0.2, -0.15) is 0 Å². The minimum Gasteiger partial charge on any atom is -0.294 e. The first-order valence-electron chi connectivity index (χ1n) is 3.64. The molecule has 0 heterocycles. The molecule has 0 radical (unpaired) electrons. The molecule has 0 atom stereocenters. The normalized spacial score (nSPS) is 26.8. The second-order valence-corrected chi connectivity index (χ2v) is 2.44. The number of allylic oxidation sites excluding steroid dienone is 4. The maximum Gasteiger partial charge on any atom is 0.163 e. The summed E-state index contributed by atoms with van der Waals surface area (Å²) >= 11 is 0. The molecule has 1 aliphatic rings. The largest absolute Gasteiger partial charge is 0.294 e. The van der Waals surface area contributed by atoms with Crippen LogP contribution < -0.4 is 0 Å². The number of rotatable bonds is 0. The van der Waals surface area contributed by atoms with Crippen LogP contribution in [-0.2, 0) is 4.79 Å². The molecule has 1 fully saturated rings.